The summed E-state index contributed by atoms with van der Waals surface area (Å²) in [6.45, 7) is 2.02. The summed E-state index contributed by atoms with van der Waals surface area (Å²) in [4.78, 5) is 44.1. The molecular formula is C32H25ClN4O3S2. The van der Waals surface area contributed by atoms with E-state index in [-0.39, 0.29) is 17.4 Å². The van der Waals surface area contributed by atoms with Crippen LogP contribution in [0.2, 0.25) is 5.02 Å². The molecule has 4 aromatic carbocycles. The van der Waals surface area contributed by atoms with Crippen LogP contribution in [0.25, 0.3) is 16.3 Å². The second kappa shape index (κ2) is 13.5. The molecular weight excluding hydrogens is 588 g/mol. The first kappa shape index (κ1) is 29.1. The van der Waals surface area contributed by atoms with Gasteiger partial charge >= 0.3 is 0 Å². The second-order valence-corrected chi connectivity index (χ2v) is 11.8. The Morgan fingerprint density at radius 3 is 2.48 bits per heavy atom. The molecule has 1 aromatic heterocycles. The molecule has 0 radical (unpaired) electrons. The summed E-state index contributed by atoms with van der Waals surface area (Å²) in [6.07, 6.45) is 1.58. The van der Waals surface area contributed by atoms with E-state index in [9.17, 15) is 14.4 Å². The monoisotopic (exact) mass is 612 g/mol. The van der Waals surface area contributed by atoms with Gasteiger partial charge in [0.15, 0.2) is 5.13 Å². The van der Waals surface area contributed by atoms with Gasteiger partial charge in [-0.25, -0.2) is 4.98 Å². The number of aryl methyl sites for hydroxylation is 1. The van der Waals surface area contributed by atoms with E-state index >= 15 is 0 Å². The Morgan fingerprint density at radius 1 is 0.905 bits per heavy atom. The lowest BCUT2D eigenvalue weighted by Crippen LogP contribution is -2.30. The van der Waals surface area contributed by atoms with Crippen LogP contribution in [0.1, 0.15) is 21.5 Å². The highest BCUT2D eigenvalue weighted by atomic mass is 35.5. The molecule has 3 amide bonds. The molecule has 0 unspecified atom stereocenters. The molecule has 0 atom stereocenters. The van der Waals surface area contributed by atoms with Crippen molar-refractivity contribution in [3.63, 3.8) is 0 Å². The van der Waals surface area contributed by atoms with Crippen molar-refractivity contribution in [2.75, 3.05) is 16.4 Å². The van der Waals surface area contributed by atoms with Gasteiger partial charge in [0.2, 0.25) is 5.91 Å². The number of carbonyl (C=O) groups is 3. The zero-order valence-electron chi connectivity index (χ0n) is 22.4. The summed E-state index contributed by atoms with van der Waals surface area (Å²) in [5.41, 5.74) is 3.68. The Labute approximate surface area is 256 Å². The molecule has 0 saturated carbocycles. The number of benzene rings is 4. The maximum Gasteiger partial charge on any atom is 0.272 e. The number of nitrogens with zero attached hydrogens (tertiary/aromatic N) is 1. The van der Waals surface area contributed by atoms with E-state index in [0.29, 0.717) is 27.0 Å². The number of amides is 3. The van der Waals surface area contributed by atoms with E-state index in [1.807, 2.05) is 37.3 Å². The van der Waals surface area contributed by atoms with Gasteiger partial charge in [0.25, 0.3) is 11.8 Å². The molecule has 10 heteroatoms. The minimum Gasteiger partial charge on any atom is -0.321 e. The number of fused-ring (bicyclic) bond motifs is 1. The van der Waals surface area contributed by atoms with Gasteiger partial charge in [-0.3, -0.25) is 14.4 Å². The quantitative estimate of drug-likeness (QED) is 0.119. The lowest BCUT2D eigenvalue weighted by molar-refractivity contribution is -0.114. The topological polar surface area (TPSA) is 100 Å². The highest BCUT2D eigenvalue weighted by molar-refractivity contribution is 8.00. The van der Waals surface area contributed by atoms with Crippen molar-refractivity contribution in [2.45, 2.75) is 11.8 Å². The van der Waals surface area contributed by atoms with Crippen LogP contribution in [-0.4, -0.2) is 28.5 Å². The molecule has 0 aliphatic heterocycles. The van der Waals surface area contributed by atoms with Crippen LogP contribution < -0.4 is 16.0 Å². The summed E-state index contributed by atoms with van der Waals surface area (Å²) in [5.74, 6) is -0.923. The molecule has 0 saturated heterocycles. The minimum absolute atomic E-state index is 0.0645. The maximum atomic E-state index is 13.3. The van der Waals surface area contributed by atoms with Gasteiger partial charge in [0.05, 0.1) is 16.0 Å². The first-order chi connectivity index (χ1) is 20.3. The molecule has 3 N–H and O–H groups in total. The molecule has 0 aliphatic carbocycles. The molecule has 210 valence electrons. The zero-order valence-corrected chi connectivity index (χ0v) is 24.8. The Bertz CT molecular complexity index is 1790. The van der Waals surface area contributed by atoms with Gasteiger partial charge in [-0.05, 0) is 78.7 Å². The number of hydrogen-bond acceptors (Lipinski definition) is 6. The molecule has 42 heavy (non-hydrogen) atoms. The fraction of sp³-hybridized carbons (Fsp3) is 0.0625. The largest absolute Gasteiger partial charge is 0.321 e. The van der Waals surface area contributed by atoms with Crippen molar-refractivity contribution in [1.29, 1.82) is 0 Å². The molecule has 0 bridgehead atoms. The Hall–Kier alpha value is -4.44. The Morgan fingerprint density at radius 2 is 1.69 bits per heavy atom. The third kappa shape index (κ3) is 7.85. The van der Waals surface area contributed by atoms with Crippen LogP contribution in [0.4, 0.5) is 10.8 Å². The fourth-order valence-corrected chi connectivity index (χ4v) is 5.78. The Kier molecular flexibility index (Phi) is 9.33. The number of hydrogen-bond donors (Lipinski definition) is 3. The molecule has 0 aliphatic rings. The van der Waals surface area contributed by atoms with Gasteiger partial charge in [0.1, 0.15) is 5.70 Å². The highest BCUT2D eigenvalue weighted by Gasteiger charge is 2.16. The van der Waals surface area contributed by atoms with Crippen LogP contribution in [0.3, 0.4) is 0 Å². The van der Waals surface area contributed by atoms with E-state index in [0.717, 1.165) is 20.7 Å². The third-order valence-corrected chi connectivity index (χ3v) is 8.14. The normalized spacial score (nSPS) is 11.2. The lowest BCUT2D eigenvalue weighted by Gasteiger charge is -2.12. The number of aromatic nitrogens is 1. The van der Waals surface area contributed by atoms with Crippen LogP contribution in [-0.2, 0) is 9.59 Å². The fourth-order valence-electron chi connectivity index (χ4n) is 3.92. The molecule has 1 heterocycles. The van der Waals surface area contributed by atoms with Crippen molar-refractivity contribution in [3.05, 3.63) is 124 Å². The molecule has 0 spiro atoms. The van der Waals surface area contributed by atoms with Gasteiger partial charge in [-0.15, -0.1) is 11.8 Å². The smallest absolute Gasteiger partial charge is 0.272 e. The summed E-state index contributed by atoms with van der Waals surface area (Å²) < 4.78 is 1.02. The lowest BCUT2D eigenvalue weighted by atomic mass is 10.1. The number of thiazole rings is 1. The standard InChI is InChI=1S/C32H25ClN4O3S2/c1-20-10-15-26-28(16-20)42-32(36-26)37-29(38)19-41-25-9-5-8-24(18-25)34-31(40)27(17-21-11-13-23(33)14-12-21)35-30(39)22-6-3-2-4-7-22/h2-18H,19H2,1H3,(H,34,40)(H,35,39)(H,36,37,38)/b27-17-. The van der Waals surface area contributed by atoms with Gasteiger partial charge < -0.3 is 16.0 Å². The van der Waals surface area contributed by atoms with E-state index in [2.05, 4.69) is 20.9 Å². The van der Waals surface area contributed by atoms with E-state index in [1.165, 1.54) is 23.1 Å². The average Bonchev–Trinajstić information content (AvgIpc) is 3.38. The number of thioether (sulfide) groups is 1. The Balaban J connectivity index is 1.25. The van der Waals surface area contributed by atoms with Crippen LogP contribution in [0.15, 0.2) is 108 Å². The number of carbonyl (C=O) groups excluding carboxylic acids is 3. The van der Waals surface area contributed by atoms with E-state index < -0.39 is 11.8 Å². The van der Waals surface area contributed by atoms with Gasteiger partial charge in [0, 0.05) is 21.2 Å². The predicted octanol–water partition coefficient (Wildman–Crippen LogP) is 7.40. The number of halogens is 1. The summed E-state index contributed by atoms with van der Waals surface area (Å²) in [5, 5.41) is 9.55. The second-order valence-electron chi connectivity index (χ2n) is 9.24. The van der Waals surface area contributed by atoms with E-state index in [1.54, 1.807) is 72.8 Å². The summed E-state index contributed by atoms with van der Waals surface area (Å²) >= 11 is 8.78. The zero-order chi connectivity index (χ0) is 29.5. The van der Waals surface area contributed by atoms with Gasteiger partial charge in [-0.2, -0.15) is 0 Å². The van der Waals surface area contributed by atoms with E-state index in [4.69, 9.17) is 11.6 Å². The average molecular weight is 613 g/mol. The van der Waals surface area contributed by atoms with Crippen molar-refractivity contribution >= 4 is 79.5 Å². The van der Waals surface area contributed by atoms with Crippen molar-refractivity contribution in [1.82, 2.24) is 10.3 Å². The van der Waals surface area contributed by atoms with Crippen LogP contribution in [0, 0.1) is 6.92 Å². The molecule has 0 fully saturated rings. The summed E-state index contributed by atoms with van der Waals surface area (Å²) in [7, 11) is 0. The van der Waals surface area contributed by atoms with Crippen LogP contribution in [0.5, 0.6) is 0 Å². The van der Waals surface area contributed by atoms with Crippen molar-refractivity contribution < 1.29 is 14.4 Å². The molecule has 7 nitrogen and oxygen atoms in total. The molecule has 5 rings (SSSR count). The third-order valence-electron chi connectivity index (χ3n) is 5.96. The van der Waals surface area contributed by atoms with Crippen molar-refractivity contribution in [3.8, 4) is 0 Å². The first-order valence-corrected chi connectivity index (χ1v) is 15.1. The van der Waals surface area contributed by atoms with Gasteiger partial charge in [-0.1, -0.05) is 65.4 Å². The SMILES string of the molecule is Cc1ccc2nc(NC(=O)CSc3cccc(NC(=O)/C(=C/c4ccc(Cl)cc4)NC(=O)c4ccccc4)c3)sc2c1. The maximum absolute atomic E-state index is 13.3. The number of nitrogens with one attached hydrogen (secondary N) is 3. The first-order valence-electron chi connectivity index (χ1n) is 12.9. The van der Waals surface area contributed by atoms with Crippen molar-refractivity contribution in [2.24, 2.45) is 0 Å². The number of anilines is 2. The highest BCUT2D eigenvalue weighted by Crippen LogP contribution is 2.27. The van der Waals surface area contributed by atoms with Crippen LogP contribution >= 0.6 is 34.7 Å². The number of rotatable bonds is 9. The predicted molar refractivity (Wildman–Crippen MR) is 172 cm³/mol. The molecule has 5 aromatic rings. The summed E-state index contributed by atoms with van der Waals surface area (Å²) in [6, 6.07) is 28.7. The minimum atomic E-state index is -0.500.